The lowest BCUT2D eigenvalue weighted by atomic mass is 10.3. The van der Waals surface area contributed by atoms with Gasteiger partial charge in [-0.1, -0.05) is 18.2 Å². The van der Waals surface area contributed by atoms with Gasteiger partial charge < -0.3 is 4.74 Å². The van der Waals surface area contributed by atoms with E-state index >= 15 is 0 Å². The number of benzene rings is 1. The van der Waals surface area contributed by atoms with E-state index in [0.717, 1.165) is 5.69 Å². The number of ether oxygens (including phenoxy) is 1. The number of hydrogen-bond acceptors (Lipinski definition) is 5. The minimum atomic E-state index is -0.386. The Morgan fingerprint density at radius 1 is 1.29 bits per heavy atom. The van der Waals surface area contributed by atoms with Gasteiger partial charge in [-0.15, -0.1) is 5.10 Å². The Labute approximate surface area is 119 Å². The number of carbonyl (C=O) groups is 1. The van der Waals surface area contributed by atoms with Gasteiger partial charge in [0, 0.05) is 6.20 Å². The minimum absolute atomic E-state index is 0.153. The van der Waals surface area contributed by atoms with Gasteiger partial charge in [-0.2, -0.15) is 10.1 Å². The summed E-state index contributed by atoms with van der Waals surface area (Å²) in [5, 5.41) is 13.0. The van der Waals surface area contributed by atoms with Crippen LogP contribution in [-0.4, -0.2) is 38.0 Å². The first-order chi connectivity index (χ1) is 10.3. The van der Waals surface area contributed by atoms with Crippen molar-refractivity contribution in [2.75, 3.05) is 12.4 Å². The Bertz CT molecular complexity index is 749. The van der Waals surface area contributed by atoms with Gasteiger partial charge in [-0.3, -0.25) is 10.1 Å². The van der Waals surface area contributed by atoms with Crippen LogP contribution in [0.4, 0.5) is 5.95 Å². The van der Waals surface area contributed by atoms with Crippen LogP contribution in [0.3, 0.4) is 0 Å². The smallest absolute Gasteiger partial charge is 0.336 e. The lowest BCUT2D eigenvalue weighted by Crippen LogP contribution is -2.14. The zero-order valence-electron chi connectivity index (χ0n) is 11.1. The molecule has 3 aromatic rings. The van der Waals surface area contributed by atoms with Gasteiger partial charge >= 0.3 is 6.01 Å². The molecule has 0 unspecified atom stereocenters. The maximum absolute atomic E-state index is 12.0. The van der Waals surface area contributed by atoms with Crippen molar-refractivity contribution in [3.63, 3.8) is 0 Å². The third kappa shape index (κ3) is 2.73. The van der Waals surface area contributed by atoms with Gasteiger partial charge in [0.15, 0.2) is 5.69 Å². The van der Waals surface area contributed by atoms with Crippen LogP contribution in [0.5, 0.6) is 6.01 Å². The van der Waals surface area contributed by atoms with Crippen molar-refractivity contribution in [2.45, 2.75) is 0 Å². The molecule has 0 aliphatic heterocycles. The van der Waals surface area contributed by atoms with Crippen LogP contribution in [0.25, 0.3) is 5.69 Å². The standard InChI is InChI=1S/C13H12N6O2/c1-21-13-15-12(16-17-13)14-11(20)10-7-8-19(18-10)9-5-3-2-4-6-9/h2-8H,1H3,(H2,14,15,16,17,20). The van der Waals surface area contributed by atoms with E-state index < -0.39 is 0 Å². The van der Waals surface area contributed by atoms with Crippen LogP contribution in [0, 0.1) is 0 Å². The van der Waals surface area contributed by atoms with Crippen LogP contribution >= 0.6 is 0 Å². The van der Waals surface area contributed by atoms with E-state index in [1.54, 1.807) is 16.9 Å². The average Bonchev–Trinajstić information content (AvgIpc) is 3.17. The second-order valence-corrected chi connectivity index (χ2v) is 4.11. The minimum Gasteiger partial charge on any atom is -0.466 e. The predicted octanol–water partition coefficient (Wildman–Crippen LogP) is 1.25. The highest BCUT2D eigenvalue weighted by Crippen LogP contribution is 2.09. The van der Waals surface area contributed by atoms with Crippen molar-refractivity contribution in [1.82, 2.24) is 25.0 Å². The molecule has 0 saturated carbocycles. The largest absolute Gasteiger partial charge is 0.466 e. The quantitative estimate of drug-likeness (QED) is 0.751. The van der Waals surface area contributed by atoms with Crippen LogP contribution in [0.2, 0.25) is 0 Å². The highest BCUT2D eigenvalue weighted by molar-refractivity contribution is 6.01. The summed E-state index contributed by atoms with van der Waals surface area (Å²) in [6.45, 7) is 0. The number of H-pyrrole nitrogens is 1. The van der Waals surface area contributed by atoms with Crippen molar-refractivity contribution in [2.24, 2.45) is 0 Å². The molecule has 0 aliphatic carbocycles. The summed E-state index contributed by atoms with van der Waals surface area (Å²) < 4.78 is 6.44. The number of nitrogens with zero attached hydrogens (tertiary/aromatic N) is 4. The molecule has 3 rings (SSSR count). The molecule has 106 valence electrons. The molecule has 0 spiro atoms. The monoisotopic (exact) mass is 284 g/mol. The van der Waals surface area contributed by atoms with Crippen LogP contribution in [-0.2, 0) is 0 Å². The lowest BCUT2D eigenvalue weighted by molar-refractivity contribution is 0.102. The summed E-state index contributed by atoms with van der Waals surface area (Å²) in [6.07, 6.45) is 1.71. The highest BCUT2D eigenvalue weighted by Gasteiger charge is 2.13. The first-order valence-corrected chi connectivity index (χ1v) is 6.15. The number of rotatable bonds is 4. The molecule has 0 fully saturated rings. The summed E-state index contributed by atoms with van der Waals surface area (Å²) in [5.74, 6) is -0.186. The first-order valence-electron chi connectivity index (χ1n) is 6.15. The molecule has 2 N–H and O–H groups in total. The number of amides is 1. The Morgan fingerprint density at radius 3 is 2.81 bits per heavy atom. The molecule has 2 aromatic heterocycles. The molecule has 1 aromatic carbocycles. The van der Waals surface area contributed by atoms with E-state index in [0.29, 0.717) is 0 Å². The fourth-order valence-corrected chi connectivity index (χ4v) is 1.73. The van der Waals surface area contributed by atoms with Gasteiger partial charge in [0.25, 0.3) is 5.91 Å². The van der Waals surface area contributed by atoms with Gasteiger partial charge in [0.2, 0.25) is 5.95 Å². The van der Waals surface area contributed by atoms with Crippen molar-refractivity contribution in [3.05, 3.63) is 48.3 Å². The normalized spacial score (nSPS) is 10.3. The summed E-state index contributed by atoms with van der Waals surface area (Å²) in [5.41, 5.74) is 1.15. The van der Waals surface area contributed by atoms with Crippen molar-refractivity contribution in [3.8, 4) is 11.7 Å². The number of para-hydroxylation sites is 1. The summed E-state index contributed by atoms with van der Waals surface area (Å²) in [7, 11) is 1.44. The van der Waals surface area contributed by atoms with Crippen molar-refractivity contribution < 1.29 is 9.53 Å². The Morgan fingerprint density at radius 2 is 2.10 bits per heavy atom. The maximum Gasteiger partial charge on any atom is 0.336 e. The maximum atomic E-state index is 12.0. The Kier molecular flexibility index (Phi) is 3.34. The number of aromatic nitrogens is 5. The summed E-state index contributed by atoms with van der Waals surface area (Å²) in [4.78, 5) is 15.9. The molecular formula is C13H12N6O2. The van der Waals surface area contributed by atoms with E-state index in [2.05, 4.69) is 25.6 Å². The molecule has 8 heteroatoms. The number of hydrogen-bond donors (Lipinski definition) is 2. The number of nitrogens with one attached hydrogen (secondary N) is 2. The SMILES string of the molecule is COc1n[nH]c(NC(=O)c2ccn(-c3ccccc3)n2)n1. The molecular weight excluding hydrogens is 272 g/mol. The fourth-order valence-electron chi connectivity index (χ4n) is 1.73. The van der Waals surface area contributed by atoms with E-state index in [-0.39, 0.29) is 23.6 Å². The molecule has 8 nitrogen and oxygen atoms in total. The molecule has 21 heavy (non-hydrogen) atoms. The van der Waals surface area contributed by atoms with E-state index in [4.69, 9.17) is 4.74 Å². The van der Waals surface area contributed by atoms with Crippen LogP contribution < -0.4 is 10.1 Å². The molecule has 1 amide bonds. The number of methoxy groups -OCH3 is 1. The van der Waals surface area contributed by atoms with E-state index in [1.165, 1.54) is 7.11 Å². The number of aromatic amines is 1. The average molecular weight is 284 g/mol. The fraction of sp³-hybridized carbons (Fsp3) is 0.0769. The van der Waals surface area contributed by atoms with Crippen molar-refractivity contribution in [1.29, 1.82) is 0 Å². The van der Waals surface area contributed by atoms with Crippen LogP contribution in [0.1, 0.15) is 10.5 Å². The molecule has 0 saturated heterocycles. The molecule has 0 bridgehead atoms. The molecule has 0 radical (unpaired) electrons. The Hall–Kier alpha value is -3.16. The summed E-state index contributed by atoms with van der Waals surface area (Å²) >= 11 is 0. The van der Waals surface area contributed by atoms with Gasteiger partial charge in [-0.25, -0.2) is 9.78 Å². The molecule has 2 heterocycles. The third-order valence-electron chi connectivity index (χ3n) is 2.72. The topological polar surface area (TPSA) is 97.7 Å². The highest BCUT2D eigenvalue weighted by atomic mass is 16.5. The van der Waals surface area contributed by atoms with Crippen LogP contribution in [0.15, 0.2) is 42.6 Å². The third-order valence-corrected chi connectivity index (χ3v) is 2.72. The second-order valence-electron chi connectivity index (χ2n) is 4.11. The lowest BCUT2D eigenvalue weighted by Gasteiger charge is -2.00. The van der Waals surface area contributed by atoms with Gasteiger partial charge in [0.1, 0.15) is 0 Å². The Balaban J connectivity index is 1.75. The van der Waals surface area contributed by atoms with Gasteiger partial charge in [-0.05, 0) is 18.2 Å². The zero-order chi connectivity index (χ0) is 14.7. The van der Waals surface area contributed by atoms with Gasteiger partial charge in [0.05, 0.1) is 12.8 Å². The van der Waals surface area contributed by atoms with E-state index in [1.807, 2.05) is 30.3 Å². The summed E-state index contributed by atoms with van der Waals surface area (Å²) in [6, 6.07) is 11.3. The number of carbonyl (C=O) groups excluding carboxylic acids is 1. The zero-order valence-corrected chi connectivity index (χ0v) is 11.1. The first kappa shape index (κ1) is 12.9. The molecule has 0 atom stereocenters. The van der Waals surface area contributed by atoms with Crippen molar-refractivity contribution >= 4 is 11.9 Å². The predicted molar refractivity (Wildman–Crippen MR) is 74.5 cm³/mol. The second kappa shape index (κ2) is 5.45. The number of anilines is 1. The van der Waals surface area contributed by atoms with E-state index in [9.17, 15) is 4.79 Å². The molecule has 0 aliphatic rings.